The fourth-order valence-corrected chi connectivity index (χ4v) is 9.68. The van der Waals surface area contributed by atoms with Crippen molar-refractivity contribution in [2.24, 2.45) is 0 Å². The Kier molecular flexibility index (Phi) is 7.24. The maximum Gasteiger partial charge on any atom is -0.0544 e. The van der Waals surface area contributed by atoms with Crippen molar-refractivity contribution in [1.82, 2.24) is 0 Å². The summed E-state index contributed by atoms with van der Waals surface area (Å²) in [4.78, 5) is 2.42. The largest absolute Gasteiger partial charge is 0.0617 e. The molecule has 0 unspecified atom stereocenters. The molecule has 1 nitrogen and oxygen atoms in total. The van der Waals surface area contributed by atoms with Crippen LogP contribution in [0.3, 0.4) is 0 Å². The van der Waals surface area contributed by atoms with Crippen LogP contribution in [-0.4, -0.2) is 14.5 Å². The Morgan fingerprint density at radius 2 is 0.917 bits per heavy atom. The van der Waals surface area contributed by atoms with E-state index in [0.717, 1.165) is 17.1 Å². The molecule has 2 heteroatoms. The van der Waals surface area contributed by atoms with Crippen LogP contribution >= 0.6 is 0 Å². The molecular formula is C46H31NSe. The van der Waals surface area contributed by atoms with Gasteiger partial charge in [0.2, 0.25) is 0 Å². The SMILES string of the molecule is c1ccc(-c2ccccc2-c2ccccc2-c2ccccc2N(c2ccccc2)c2ccc3c(ccc4c5ccccc5[se]c34)c2)cc1. The van der Waals surface area contributed by atoms with Gasteiger partial charge in [0.25, 0.3) is 0 Å². The third kappa shape index (κ3) is 4.95. The van der Waals surface area contributed by atoms with Crippen molar-refractivity contribution < 1.29 is 0 Å². The number of rotatable bonds is 6. The molecule has 9 aromatic rings. The second kappa shape index (κ2) is 12.2. The van der Waals surface area contributed by atoms with Crippen molar-refractivity contribution in [1.29, 1.82) is 0 Å². The van der Waals surface area contributed by atoms with Crippen LogP contribution in [0.25, 0.3) is 63.4 Å². The second-order valence-corrected chi connectivity index (χ2v) is 14.3. The molecule has 0 aliphatic carbocycles. The van der Waals surface area contributed by atoms with Crippen LogP contribution < -0.4 is 4.90 Å². The topological polar surface area (TPSA) is 3.24 Å². The molecule has 1 aromatic heterocycles. The molecule has 226 valence electrons. The minimum atomic E-state index is 0.304. The van der Waals surface area contributed by atoms with Crippen LogP contribution in [0, 0.1) is 0 Å². The first-order chi connectivity index (χ1) is 23.8. The fraction of sp³-hybridized carbons (Fsp3) is 0. The fourth-order valence-electron chi connectivity index (χ4n) is 7.08. The average Bonchev–Trinajstić information content (AvgIpc) is 3.55. The Bertz CT molecular complexity index is 2560. The van der Waals surface area contributed by atoms with Gasteiger partial charge in [-0.2, -0.15) is 0 Å². The van der Waals surface area contributed by atoms with Gasteiger partial charge in [0, 0.05) is 0 Å². The quantitative estimate of drug-likeness (QED) is 0.159. The minimum Gasteiger partial charge on any atom is -0.0617 e. The van der Waals surface area contributed by atoms with Gasteiger partial charge >= 0.3 is 234 Å². The first-order valence-electron chi connectivity index (χ1n) is 16.4. The van der Waals surface area contributed by atoms with Gasteiger partial charge in [-0.1, -0.05) is 48.5 Å². The number of hydrogen-bond acceptors (Lipinski definition) is 1. The van der Waals surface area contributed by atoms with E-state index in [-0.39, 0.29) is 0 Å². The summed E-state index contributed by atoms with van der Waals surface area (Å²) in [6.45, 7) is 0. The number of nitrogens with zero attached hydrogens (tertiary/aromatic N) is 1. The summed E-state index contributed by atoms with van der Waals surface area (Å²) in [5.41, 5.74) is 10.7. The maximum atomic E-state index is 2.42. The zero-order valence-corrected chi connectivity index (χ0v) is 28.0. The number of para-hydroxylation sites is 2. The molecular weight excluding hydrogens is 645 g/mol. The Labute approximate surface area is 286 Å². The third-order valence-electron chi connectivity index (χ3n) is 9.28. The van der Waals surface area contributed by atoms with E-state index in [4.69, 9.17) is 0 Å². The second-order valence-electron chi connectivity index (χ2n) is 12.1. The predicted molar refractivity (Wildman–Crippen MR) is 207 cm³/mol. The van der Waals surface area contributed by atoms with E-state index in [0.29, 0.717) is 14.5 Å². The van der Waals surface area contributed by atoms with Gasteiger partial charge in [-0.3, -0.25) is 0 Å². The van der Waals surface area contributed by atoms with Gasteiger partial charge in [-0.15, -0.1) is 0 Å². The van der Waals surface area contributed by atoms with Crippen molar-refractivity contribution in [3.05, 3.63) is 188 Å². The standard InChI is InChI=1S/C46H31NSe/c1-3-15-32(16-4-1)36-19-7-8-20-38(36)39-21-9-10-22-40(39)41-23-11-13-25-44(41)47(34-17-5-2-6-18-34)35-28-30-37-33(31-35)27-29-43-42-24-12-14-26-45(42)48-46(37)43/h1-31H. The summed E-state index contributed by atoms with van der Waals surface area (Å²) < 4.78 is 2.97. The van der Waals surface area contributed by atoms with Crippen LogP contribution in [0.1, 0.15) is 0 Å². The molecule has 0 aliphatic heterocycles. The monoisotopic (exact) mass is 677 g/mol. The Balaban J connectivity index is 1.24. The van der Waals surface area contributed by atoms with Crippen LogP contribution in [-0.2, 0) is 0 Å². The van der Waals surface area contributed by atoms with E-state index in [2.05, 4.69) is 193 Å². The van der Waals surface area contributed by atoms with Crippen molar-refractivity contribution in [2.75, 3.05) is 4.90 Å². The molecule has 0 spiro atoms. The van der Waals surface area contributed by atoms with Crippen molar-refractivity contribution in [3.63, 3.8) is 0 Å². The van der Waals surface area contributed by atoms with E-state index < -0.39 is 0 Å². The van der Waals surface area contributed by atoms with E-state index in [1.54, 1.807) is 0 Å². The van der Waals surface area contributed by atoms with Crippen molar-refractivity contribution in [2.45, 2.75) is 0 Å². The van der Waals surface area contributed by atoms with Gasteiger partial charge in [-0.25, -0.2) is 0 Å². The van der Waals surface area contributed by atoms with E-state index >= 15 is 0 Å². The molecule has 0 radical (unpaired) electrons. The number of fused-ring (bicyclic) bond motifs is 5. The first-order valence-corrected chi connectivity index (χ1v) is 18.1. The van der Waals surface area contributed by atoms with Gasteiger partial charge < -0.3 is 0 Å². The first kappa shape index (κ1) is 28.6. The number of anilines is 3. The average molecular weight is 677 g/mol. The van der Waals surface area contributed by atoms with Crippen molar-refractivity contribution >= 4 is 61.6 Å². The smallest absolute Gasteiger partial charge is 0.0544 e. The zero-order valence-electron chi connectivity index (χ0n) is 26.3. The van der Waals surface area contributed by atoms with E-state index in [1.807, 2.05) is 0 Å². The van der Waals surface area contributed by atoms with Gasteiger partial charge in [-0.05, 0) is 5.56 Å². The van der Waals surface area contributed by atoms with Gasteiger partial charge in [0.1, 0.15) is 0 Å². The van der Waals surface area contributed by atoms with Gasteiger partial charge in [0.15, 0.2) is 0 Å². The normalized spacial score (nSPS) is 11.3. The minimum absolute atomic E-state index is 0.304. The Morgan fingerprint density at radius 1 is 0.354 bits per heavy atom. The molecule has 0 saturated carbocycles. The molecule has 8 aromatic carbocycles. The number of benzene rings is 8. The van der Waals surface area contributed by atoms with E-state index in [1.165, 1.54) is 63.4 Å². The summed E-state index contributed by atoms with van der Waals surface area (Å²) in [6, 6.07) is 68.4. The summed E-state index contributed by atoms with van der Waals surface area (Å²) in [6.07, 6.45) is 0. The molecule has 0 atom stereocenters. The van der Waals surface area contributed by atoms with Crippen LogP contribution in [0.2, 0.25) is 0 Å². The molecule has 0 fully saturated rings. The summed E-state index contributed by atoms with van der Waals surface area (Å²) in [5, 5.41) is 5.42. The Hall–Kier alpha value is -5.66. The zero-order chi connectivity index (χ0) is 31.9. The molecule has 1 heterocycles. The van der Waals surface area contributed by atoms with Crippen LogP contribution in [0.4, 0.5) is 17.1 Å². The summed E-state index contributed by atoms with van der Waals surface area (Å²) in [7, 11) is 0. The predicted octanol–water partition coefficient (Wildman–Crippen LogP) is 12.7. The molecule has 9 rings (SSSR count). The molecule has 0 aliphatic rings. The maximum absolute atomic E-state index is 2.42. The molecule has 48 heavy (non-hydrogen) atoms. The number of hydrogen-bond donors (Lipinski definition) is 0. The van der Waals surface area contributed by atoms with Gasteiger partial charge in [0.05, 0.1) is 0 Å². The van der Waals surface area contributed by atoms with E-state index in [9.17, 15) is 0 Å². The Morgan fingerprint density at radius 3 is 1.69 bits per heavy atom. The van der Waals surface area contributed by atoms with Crippen molar-refractivity contribution in [3.8, 4) is 33.4 Å². The summed E-state index contributed by atoms with van der Waals surface area (Å²) in [5.74, 6) is 0. The molecule has 0 saturated heterocycles. The molecule has 0 amide bonds. The molecule has 0 N–H and O–H groups in total. The van der Waals surface area contributed by atoms with Crippen LogP contribution in [0.15, 0.2) is 188 Å². The van der Waals surface area contributed by atoms with Crippen LogP contribution in [0.5, 0.6) is 0 Å². The summed E-state index contributed by atoms with van der Waals surface area (Å²) >= 11 is 0.304. The third-order valence-corrected chi connectivity index (χ3v) is 11.8. The molecule has 0 bridgehead atoms.